The van der Waals surface area contributed by atoms with Crippen LogP contribution in [0.2, 0.25) is 0 Å². The van der Waals surface area contributed by atoms with Crippen molar-refractivity contribution in [1.82, 2.24) is 9.55 Å². The molecule has 0 aliphatic rings. The normalized spacial score (nSPS) is 11.3. The summed E-state index contributed by atoms with van der Waals surface area (Å²) in [7, 11) is 0. The fourth-order valence-electron chi connectivity index (χ4n) is 2.63. The third-order valence-corrected chi connectivity index (χ3v) is 3.59. The summed E-state index contributed by atoms with van der Waals surface area (Å²) < 4.78 is 2.12. The second kappa shape index (κ2) is 5.08. The Labute approximate surface area is 115 Å². The number of aryl methyl sites for hydroxylation is 2. The number of aromatic nitrogens is 2. The Kier molecular flexibility index (Phi) is 3.65. The molecular weight excluding hydrogens is 234 g/mol. The predicted molar refractivity (Wildman–Crippen MR) is 81.3 cm³/mol. The molecule has 102 valence electrons. The van der Waals surface area contributed by atoms with E-state index in [0.717, 1.165) is 23.9 Å². The molecule has 1 aromatic carbocycles. The van der Waals surface area contributed by atoms with Crippen molar-refractivity contribution < 1.29 is 0 Å². The number of hydrogen-bond donors (Lipinski definition) is 1. The van der Waals surface area contributed by atoms with E-state index in [0.29, 0.717) is 5.92 Å². The van der Waals surface area contributed by atoms with E-state index in [4.69, 9.17) is 10.7 Å². The van der Waals surface area contributed by atoms with Crippen LogP contribution in [0.3, 0.4) is 0 Å². The molecule has 0 bridgehead atoms. The summed E-state index contributed by atoms with van der Waals surface area (Å²) in [6.07, 6.45) is 0. The minimum Gasteiger partial charge on any atom is -0.383 e. The van der Waals surface area contributed by atoms with Crippen molar-refractivity contribution in [2.45, 2.75) is 47.1 Å². The molecule has 0 saturated heterocycles. The molecule has 19 heavy (non-hydrogen) atoms. The Balaban J connectivity index is 2.70. The predicted octanol–water partition coefficient (Wildman–Crippen LogP) is 3.89. The Morgan fingerprint density at radius 3 is 2.21 bits per heavy atom. The minimum absolute atomic E-state index is 0.375. The lowest BCUT2D eigenvalue weighted by Gasteiger charge is -2.09. The number of nitrogens with zero attached hydrogens (tertiary/aromatic N) is 2. The molecule has 3 nitrogen and oxygen atoms in total. The third kappa shape index (κ3) is 2.25. The maximum atomic E-state index is 6.32. The summed E-state index contributed by atoms with van der Waals surface area (Å²) in [5.41, 5.74) is 10.9. The van der Waals surface area contributed by atoms with Crippen LogP contribution >= 0.6 is 0 Å². The zero-order valence-corrected chi connectivity index (χ0v) is 12.5. The molecule has 2 N–H and O–H groups in total. The zero-order valence-electron chi connectivity index (χ0n) is 12.5. The standard InChI is InChI=1S/C16H23N3/c1-6-19-15(17)14(18-16(19)10(2)3)13-11(4)8-7-9-12(13)5/h7-10H,6,17H2,1-5H3. The van der Waals surface area contributed by atoms with Gasteiger partial charge in [-0.05, 0) is 31.9 Å². The highest BCUT2D eigenvalue weighted by Gasteiger charge is 2.19. The summed E-state index contributed by atoms with van der Waals surface area (Å²) in [5, 5.41) is 0. The number of anilines is 1. The summed E-state index contributed by atoms with van der Waals surface area (Å²) in [4.78, 5) is 4.81. The quantitative estimate of drug-likeness (QED) is 0.906. The first-order chi connectivity index (χ1) is 8.97. The van der Waals surface area contributed by atoms with Gasteiger partial charge in [0, 0.05) is 18.0 Å². The molecule has 0 saturated carbocycles. The third-order valence-electron chi connectivity index (χ3n) is 3.59. The van der Waals surface area contributed by atoms with E-state index in [1.165, 1.54) is 16.7 Å². The van der Waals surface area contributed by atoms with Gasteiger partial charge in [0.1, 0.15) is 17.3 Å². The molecule has 0 radical (unpaired) electrons. The zero-order chi connectivity index (χ0) is 14.2. The maximum Gasteiger partial charge on any atom is 0.131 e. The Hall–Kier alpha value is -1.77. The largest absolute Gasteiger partial charge is 0.383 e. The van der Waals surface area contributed by atoms with E-state index in [9.17, 15) is 0 Å². The van der Waals surface area contributed by atoms with Gasteiger partial charge in [-0.2, -0.15) is 0 Å². The van der Waals surface area contributed by atoms with Gasteiger partial charge in [-0.15, -0.1) is 0 Å². The lowest BCUT2D eigenvalue weighted by molar-refractivity contribution is 0.658. The Morgan fingerprint density at radius 1 is 1.21 bits per heavy atom. The first-order valence-electron chi connectivity index (χ1n) is 6.89. The van der Waals surface area contributed by atoms with Crippen molar-refractivity contribution in [2.75, 3.05) is 5.73 Å². The van der Waals surface area contributed by atoms with Crippen LogP contribution in [-0.2, 0) is 6.54 Å². The van der Waals surface area contributed by atoms with Crippen LogP contribution in [0.5, 0.6) is 0 Å². The molecule has 2 aromatic rings. The molecule has 0 unspecified atom stereocenters. The summed E-state index contributed by atoms with van der Waals surface area (Å²) >= 11 is 0. The first kappa shape index (κ1) is 13.7. The van der Waals surface area contributed by atoms with E-state index < -0.39 is 0 Å². The molecule has 0 spiro atoms. The molecule has 2 rings (SSSR count). The molecule has 0 amide bonds. The van der Waals surface area contributed by atoms with Crippen molar-refractivity contribution in [3.63, 3.8) is 0 Å². The van der Waals surface area contributed by atoms with Crippen LogP contribution < -0.4 is 5.73 Å². The lowest BCUT2D eigenvalue weighted by Crippen LogP contribution is -2.06. The molecule has 0 aliphatic heterocycles. The van der Waals surface area contributed by atoms with Gasteiger partial charge in [-0.25, -0.2) is 4.98 Å². The van der Waals surface area contributed by atoms with Gasteiger partial charge in [-0.3, -0.25) is 0 Å². The van der Waals surface area contributed by atoms with Crippen LogP contribution in [0.25, 0.3) is 11.3 Å². The molecule has 1 heterocycles. The van der Waals surface area contributed by atoms with E-state index in [2.05, 4.69) is 57.4 Å². The Bertz CT molecular complexity index is 574. The number of rotatable bonds is 3. The van der Waals surface area contributed by atoms with Gasteiger partial charge < -0.3 is 10.3 Å². The van der Waals surface area contributed by atoms with Gasteiger partial charge in [0.25, 0.3) is 0 Å². The number of benzene rings is 1. The first-order valence-corrected chi connectivity index (χ1v) is 6.89. The van der Waals surface area contributed by atoms with E-state index in [1.807, 2.05) is 0 Å². The number of imidazole rings is 1. The summed E-state index contributed by atoms with van der Waals surface area (Å²) in [6.45, 7) is 11.5. The maximum absolute atomic E-state index is 6.32. The van der Waals surface area contributed by atoms with Crippen LogP contribution in [0, 0.1) is 13.8 Å². The molecule has 0 atom stereocenters. The van der Waals surface area contributed by atoms with Gasteiger partial charge in [0.05, 0.1) is 0 Å². The fraction of sp³-hybridized carbons (Fsp3) is 0.438. The average Bonchev–Trinajstić information content (AvgIpc) is 2.67. The molecule has 1 aromatic heterocycles. The highest BCUT2D eigenvalue weighted by atomic mass is 15.1. The fourth-order valence-corrected chi connectivity index (χ4v) is 2.63. The average molecular weight is 257 g/mol. The second-order valence-electron chi connectivity index (χ2n) is 5.37. The minimum atomic E-state index is 0.375. The van der Waals surface area contributed by atoms with E-state index >= 15 is 0 Å². The number of nitrogen functional groups attached to an aromatic ring is 1. The molecule has 0 fully saturated rings. The molecule has 3 heteroatoms. The number of hydrogen-bond acceptors (Lipinski definition) is 2. The SMILES string of the molecule is CCn1c(C(C)C)nc(-c2c(C)cccc2C)c1N. The van der Waals surface area contributed by atoms with Crippen molar-refractivity contribution in [3.05, 3.63) is 35.2 Å². The lowest BCUT2D eigenvalue weighted by atomic mass is 10.00. The topological polar surface area (TPSA) is 43.8 Å². The van der Waals surface area contributed by atoms with Crippen molar-refractivity contribution >= 4 is 5.82 Å². The van der Waals surface area contributed by atoms with Crippen LogP contribution in [-0.4, -0.2) is 9.55 Å². The highest BCUT2D eigenvalue weighted by molar-refractivity contribution is 5.76. The highest BCUT2D eigenvalue weighted by Crippen LogP contribution is 2.33. The van der Waals surface area contributed by atoms with E-state index in [-0.39, 0.29) is 0 Å². The smallest absolute Gasteiger partial charge is 0.131 e. The van der Waals surface area contributed by atoms with E-state index in [1.54, 1.807) is 0 Å². The van der Waals surface area contributed by atoms with Crippen molar-refractivity contribution in [2.24, 2.45) is 0 Å². The van der Waals surface area contributed by atoms with Crippen LogP contribution in [0.1, 0.15) is 43.6 Å². The monoisotopic (exact) mass is 257 g/mol. The van der Waals surface area contributed by atoms with Crippen molar-refractivity contribution in [3.8, 4) is 11.3 Å². The Morgan fingerprint density at radius 2 is 1.79 bits per heavy atom. The van der Waals surface area contributed by atoms with Gasteiger partial charge in [0.2, 0.25) is 0 Å². The number of nitrogens with two attached hydrogens (primary N) is 1. The molecular formula is C16H23N3. The summed E-state index contributed by atoms with van der Waals surface area (Å²) in [5.74, 6) is 2.22. The van der Waals surface area contributed by atoms with Gasteiger partial charge >= 0.3 is 0 Å². The molecule has 0 aliphatic carbocycles. The van der Waals surface area contributed by atoms with Crippen LogP contribution in [0.4, 0.5) is 5.82 Å². The summed E-state index contributed by atoms with van der Waals surface area (Å²) in [6, 6.07) is 6.30. The van der Waals surface area contributed by atoms with Crippen LogP contribution in [0.15, 0.2) is 18.2 Å². The van der Waals surface area contributed by atoms with Crippen molar-refractivity contribution in [1.29, 1.82) is 0 Å². The van der Waals surface area contributed by atoms with Gasteiger partial charge in [-0.1, -0.05) is 32.0 Å². The second-order valence-corrected chi connectivity index (χ2v) is 5.37. The van der Waals surface area contributed by atoms with Gasteiger partial charge in [0.15, 0.2) is 0 Å².